The summed E-state index contributed by atoms with van der Waals surface area (Å²) in [6, 6.07) is 9.58. The summed E-state index contributed by atoms with van der Waals surface area (Å²) in [6.07, 6.45) is 4.84. The molecule has 114 valence electrons. The summed E-state index contributed by atoms with van der Waals surface area (Å²) in [5, 5.41) is 19.2. The van der Waals surface area contributed by atoms with E-state index in [4.69, 9.17) is 0 Å². The summed E-state index contributed by atoms with van der Waals surface area (Å²) in [5.74, 6) is 0.760. The maximum Gasteiger partial charge on any atom is 0.245 e. The third-order valence-corrected chi connectivity index (χ3v) is 4.71. The highest BCUT2D eigenvalue weighted by Gasteiger charge is 2.13. The summed E-state index contributed by atoms with van der Waals surface area (Å²) >= 11 is 5.11. The highest BCUT2D eigenvalue weighted by atomic mass is 79.9. The van der Waals surface area contributed by atoms with Crippen molar-refractivity contribution in [1.29, 1.82) is 0 Å². The zero-order chi connectivity index (χ0) is 15.8. The molecule has 0 saturated carbocycles. The van der Waals surface area contributed by atoms with E-state index in [9.17, 15) is 5.21 Å². The largest absolute Gasteiger partial charge is 0.335 e. The minimum absolute atomic E-state index is 0.728. The highest BCUT2D eigenvalue weighted by molar-refractivity contribution is 9.10. The topological polar surface area (TPSA) is 66.3 Å². The molecule has 6 nitrogen and oxygen atoms in total. The Hall–Kier alpha value is -2.45. The Bertz CT molecular complexity index is 983. The number of halogens is 1. The van der Waals surface area contributed by atoms with Gasteiger partial charge in [0.2, 0.25) is 12.4 Å². The number of anilines is 2. The molecule has 0 saturated heterocycles. The Balaban J connectivity index is 1.87. The molecule has 0 atom stereocenters. The lowest BCUT2D eigenvalue weighted by Crippen LogP contribution is -2.28. The van der Waals surface area contributed by atoms with Crippen LogP contribution in [0.15, 0.2) is 58.8 Å². The molecule has 0 aliphatic carbocycles. The van der Waals surface area contributed by atoms with Crippen molar-refractivity contribution in [2.45, 2.75) is 0 Å². The van der Waals surface area contributed by atoms with E-state index in [-0.39, 0.29) is 0 Å². The first-order chi connectivity index (χ1) is 11.2. The summed E-state index contributed by atoms with van der Waals surface area (Å²) in [6.45, 7) is 0. The van der Waals surface area contributed by atoms with Crippen LogP contribution in [0.1, 0.15) is 0 Å². The van der Waals surface area contributed by atoms with E-state index in [0.29, 0.717) is 0 Å². The monoisotopic (exact) mass is 388 g/mol. The lowest BCUT2D eigenvalue weighted by atomic mass is 10.3. The van der Waals surface area contributed by atoms with Gasteiger partial charge in [-0.15, -0.1) is 11.3 Å². The Morgan fingerprint density at radius 1 is 1.30 bits per heavy atom. The van der Waals surface area contributed by atoms with Gasteiger partial charge in [0.1, 0.15) is 11.5 Å². The molecule has 0 fully saturated rings. The molecule has 2 N–H and O–H groups in total. The van der Waals surface area contributed by atoms with E-state index in [0.717, 1.165) is 36.9 Å². The molecule has 0 aliphatic heterocycles. The van der Waals surface area contributed by atoms with Gasteiger partial charge in [-0.3, -0.25) is 5.21 Å². The van der Waals surface area contributed by atoms with Crippen molar-refractivity contribution < 1.29 is 9.94 Å². The molecular formula is C15H11BrN5OS+. The molecule has 8 heteroatoms. The molecule has 0 unspecified atom stereocenters. The van der Waals surface area contributed by atoms with E-state index >= 15 is 0 Å². The van der Waals surface area contributed by atoms with Crippen molar-refractivity contribution in [3.63, 3.8) is 0 Å². The SMILES string of the molecule is O[n+]1cccc(Nc2cc(-c3cccs3)nc3c(Br)cnn23)c1. The Morgan fingerprint density at radius 2 is 2.22 bits per heavy atom. The molecule has 4 rings (SSSR count). The van der Waals surface area contributed by atoms with Gasteiger partial charge < -0.3 is 5.32 Å². The third kappa shape index (κ3) is 2.66. The number of nitrogens with one attached hydrogen (secondary N) is 1. The first-order valence-corrected chi connectivity index (χ1v) is 8.44. The van der Waals surface area contributed by atoms with E-state index < -0.39 is 0 Å². The highest BCUT2D eigenvalue weighted by Crippen LogP contribution is 2.29. The van der Waals surface area contributed by atoms with Crippen molar-refractivity contribution in [1.82, 2.24) is 14.6 Å². The Labute approximate surface area is 143 Å². The summed E-state index contributed by atoms with van der Waals surface area (Å²) in [4.78, 5) is 5.74. The van der Waals surface area contributed by atoms with E-state index in [1.807, 2.05) is 29.6 Å². The number of hydrogen-bond donors (Lipinski definition) is 2. The normalized spacial score (nSPS) is 11.0. The van der Waals surface area contributed by atoms with Gasteiger partial charge in [-0.05, 0) is 33.4 Å². The van der Waals surface area contributed by atoms with Crippen molar-refractivity contribution in [3.8, 4) is 10.6 Å². The molecule has 0 bridgehead atoms. The average Bonchev–Trinajstić information content (AvgIpc) is 3.18. The first kappa shape index (κ1) is 14.2. The van der Waals surface area contributed by atoms with Gasteiger partial charge in [-0.2, -0.15) is 9.61 Å². The van der Waals surface area contributed by atoms with Crippen LogP contribution in [0.5, 0.6) is 0 Å². The van der Waals surface area contributed by atoms with Crippen LogP contribution in [-0.4, -0.2) is 19.8 Å². The number of aromatic nitrogens is 4. The molecule has 0 aliphatic rings. The van der Waals surface area contributed by atoms with Gasteiger partial charge in [0, 0.05) is 16.9 Å². The van der Waals surface area contributed by atoms with Crippen molar-refractivity contribution in [2.75, 3.05) is 5.32 Å². The van der Waals surface area contributed by atoms with Crippen LogP contribution >= 0.6 is 27.3 Å². The van der Waals surface area contributed by atoms with E-state index in [2.05, 4.69) is 31.3 Å². The molecule has 4 heterocycles. The van der Waals surface area contributed by atoms with Crippen molar-refractivity contribution >= 4 is 44.4 Å². The predicted octanol–water partition coefficient (Wildman–Crippen LogP) is 3.49. The third-order valence-electron chi connectivity index (χ3n) is 3.26. The number of thiophene rings is 1. The second kappa shape index (κ2) is 5.64. The maximum atomic E-state index is 9.55. The molecule has 4 aromatic heterocycles. The van der Waals surface area contributed by atoms with Crippen LogP contribution in [0.3, 0.4) is 0 Å². The van der Waals surface area contributed by atoms with Gasteiger partial charge in [0.05, 0.1) is 21.2 Å². The van der Waals surface area contributed by atoms with Crippen LogP contribution in [0.4, 0.5) is 11.5 Å². The van der Waals surface area contributed by atoms with Crippen LogP contribution in [0.2, 0.25) is 0 Å². The number of nitrogens with zero attached hydrogens (tertiary/aromatic N) is 4. The van der Waals surface area contributed by atoms with Crippen LogP contribution in [0.25, 0.3) is 16.2 Å². The fraction of sp³-hybridized carbons (Fsp3) is 0. The fourth-order valence-electron chi connectivity index (χ4n) is 2.26. The molecule has 0 amide bonds. The van der Waals surface area contributed by atoms with Gasteiger partial charge in [-0.1, -0.05) is 6.07 Å². The zero-order valence-electron chi connectivity index (χ0n) is 11.7. The quantitative estimate of drug-likeness (QED) is 0.416. The average molecular weight is 389 g/mol. The van der Waals surface area contributed by atoms with E-state index in [1.165, 1.54) is 0 Å². The van der Waals surface area contributed by atoms with Crippen LogP contribution < -0.4 is 10.0 Å². The number of fused-ring (bicyclic) bond motifs is 1. The summed E-state index contributed by atoms with van der Waals surface area (Å²) in [7, 11) is 0. The van der Waals surface area contributed by atoms with Crippen molar-refractivity contribution in [2.24, 2.45) is 0 Å². The Morgan fingerprint density at radius 3 is 3.00 bits per heavy atom. The minimum Gasteiger partial charge on any atom is -0.335 e. The second-order valence-corrected chi connectivity index (χ2v) is 6.63. The van der Waals surface area contributed by atoms with Gasteiger partial charge >= 0.3 is 0 Å². The lowest BCUT2D eigenvalue weighted by molar-refractivity contribution is -0.904. The molecule has 23 heavy (non-hydrogen) atoms. The molecule has 4 aromatic rings. The molecule has 0 spiro atoms. The lowest BCUT2D eigenvalue weighted by Gasteiger charge is -2.09. The molecule has 0 radical (unpaired) electrons. The van der Waals surface area contributed by atoms with Gasteiger partial charge in [0.25, 0.3) is 0 Å². The zero-order valence-corrected chi connectivity index (χ0v) is 14.1. The molecule has 0 aromatic carbocycles. The number of pyridine rings is 1. The second-order valence-electron chi connectivity index (χ2n) is 4.83. The van der Waals surface area contributed by atoms with Crippen molar-refractivity contribution in [3.05, 3.63) is 58.8 Å². The van der Waals surface area contributed by atoms with E-state index in [1.54, 1.807) is 40.5 Å². The van der Waals surface area contributed by atoms with Crippen LogP contribution in [-0.2, 0) is 0 Å². The predicted molar refractivity (Wildman–Crippen MR) is 91.1 cm³/mol. The van der Waals surface area contributed by atoms with Crippen LogP contribution in [0, 0.1) is 0 Å². The maximum absolute atomic E-state index is 9.55. The molecular weight excluding hydrogens is 378 g/mol. The van der Waals surface area contributed by atoms with Gasteiger partial charge in [-0.25, -0.2) is 4.98 Å². The minimum atomic E-state index is 0.728. The number of rotatable bonds is 3. The summed E-state index contributed by atoms with van der Waals surface area (Å²) < 4.78 is 3.54. The van der Waals surface area contributed by atoms with Gasteiger partial charge in [0.15, 0.2) is 5.65 Å². The standard InChI is InChI=1S/C15H11BrN5OS/c16-11-8-17-21-14(18-10-3-1-5-20(22)9-10)7-12(19-15(11)21)13-4-2-6-23-13/h1-9,18,22H/q+1. The Kier molecular flexibility index (Phi) is 3.47. The first-order valence-electron chi connectivity index (χ1n) is 6.76. The smallest absolute Gasteiger partial charge is 0.245 e. The number of hydrogen-bond acceptors (Lipinski definition) is 5. The summed E-state index contributed by atoms with van der Waals surface area (Å²) in [5.41, 5.74) is 2.33. The fourth-order valence-corrected chi connectivity index (χ4v) is 3.30.